The SMILES string of the molecule is CCc1c2c(nc3ccc(O)cc13)-c1cc3c(c(=O)n1C2)COC(=O)C3OC(=O)N1CCC(N2Cc3ccc(-n4c(-c5cc(C(C)C)c(O)cc5O)n[nH]c4=O)cc3C2)CC1. The van der Waals surface area contributed by atoms with Gasteiger partial charge in [0, 0.05) is 54.8 Å². The van der Waals surface area contributed by atoms with E-state index < -0.39 is 23.9 Å². The van der Waals surface area contributed by atoms with Crippen molar-refractivity contribution in [1.29, 1.82) is 0 Å². The van der Waals surface area contributed by atoms with Crippen LogP contribution < -0.4 is 11.2 Å². The van der Waals surface area contributed by atoms with Gasteiger partial charge in [-0.05, 0) is 89.9 Å². The summed E-state index contributed by atoms with van der Waals surface area (Å²) in [6.45, 7) is 8.02. The van der Waals surface area contributed by atoms with E-state index in [9.17, 15) is 34.5 Å². The number of pyridine rings is 2. The van der Waals surface area contributed by atoms with Crippen LogP contribution in [-0.4, -0.2) is 80.6 Å². The molecule has 312 valence electrons. The summed E-state index contributed by atoms with van der Waals surface area (Å²) in [7, 11) is 0. The van der Waals surface area contributed by atoms with Crippen LogP contribution in [0.5, 0.6) is 17.2 Å². The molecule has 0 radical (unpaired) electrons. The number of nitrogens with zero attached hydrogens (tertiary/aromatic N) is 6. The van der Waals surface area contributed by atoms with Gasteiger partial charge in [0.05, 0.1) is 40.3 Å². The van der Waals surface area contributed by atoms with Gasteiger partial charge < -0.3 is 34.3 Å². The third-order valence-electron chi connectivity index (χ3n) is 12.7. The second-order valence-corrected chi connectivity index (χ2v) is 16.5. The Bertz CT molecular complexity index is 2960. The van der Waals surface area contributed by atoms with E-state index in [0.29, 0.717) is 84.7 Å². The number of fused-ring (bicyclic) bond motifs is 6. The van der Waals surface area contributed by atoms with E-state index in [4.69, 9.17) is 14.5 Å². The molecule has 7 heterocycles. The molecule has 0 saturated carbocycles. The molecule has 3 aromatic heterocycles. The van der Waals surface area contributed by atoms with Crippen molar-refractivity contribution in [3.05, 3.63) is 114 Å². The molecule has 0 aliphatic carbocycles. The molecule has 16 nitrogen and oxygen atoms in total. The van der Waals surface area contributed by atoms with E-state index >= 15 is 0 Å². The number of cyclic esters (lactones) is 1. The van der Waals surface area contributed by atoms with E-state index in [-0.39, 0.29) is 59.3 Å². The topological polar surface area (TPSA) is 205 Å². The zero-order valence-electron chi connectivity index (χ0n) is 33.8. The monoisotopic (exact) mass is 825 g/mol. The van der Waals surface area contributed by atoms with E-state index in [2.05, 4.69) is 15.1 Å². The second-order valence-electron chi connectivity index (χ2n) is 16.5. The van der Waals surface area contributed by atoms with Gasteiger partial charge in [-0.3, -0.25) is 9.69 Å². The molecule has 1 amide bonds. The number of benzene rings is 3. The van der Waals surface area contributed by atoms with Crippen molar-refractivity contribution >= 4 is 23.0 Å². The minimum absolute atomic E-state index is 0.0319. The van der Waals surface area contributed by atoms with E-state index in [0.717, 1.165) is 27.6 Å². The number of hydrogen-bond donors (Lipinski definition) is 4. The Hall–Kier alpha value is -6.94. The number of aromatic amines is 1. The third-order valence-corrected chi connectivity index (χ3v) is 12.7. The molecule has 1 atom stereocenters. The Balaban J connectivity index is 0.837. The molecule has 61 heavy (non-hydrogen) atoms. The van der Waals surface area contributed by atoms with Crippen LogP contribution in [-0.2, 0) is 46.9 Å². The van der Waals surface area contributed by atoms with Crippen LogP contribution in [0, 0.1) is 0 Å². The fraction of sp³-hybridized carbons (Fsp3) is 0.333. The Morgan fingerprint density at radius 1 is 0.934 bits per heavy atom. The molecule has 0 bridgehead atoms. The van der Waals surface area contributed by atoms with Gasteiger partial charge in [0.1, 0.15) is 23.9 Å². The maximum Gasteiger partial charge on any atom is 0.410 e. The molecular formula is C45H43N7O9. The van der Waals surface area contributed by atoms with Gasteiger partial charge in [0.25, 0.3) is 5.56 Å². The van der Waals surface area contributed by atoms with Crippen LogP contribution in [0.15, 0.2) is 64.2 Å². The van der Waals surface area contributed by atoms with Gasteiger partial charge in [-0.25, -0.2) is 29.0 Å². The highest BCUT2D eigenvalue weighted by Gasteiger charge is 2.40. The van der Waals surface area contributed by atoms with Crippen LogP contribution in [0.1, 0.15) is 84.6 Å². The number of amides is 1. The lowest BCUT2D eigenvalue weighted by molar-refractivity contribution is -0.158. The predicted molar refractivity (Wildman–Crippen MR) is 221 cm³/mol. The first-order valence-corrected chi connectivity index (χ1v) is 20.5. The zero-order valence-corrected chi connectivity index (χ0v) is 33.8. The van der Waals surface area contributed by atoms with Crippen molar-refractivity contribution in [1.82, 2.24) is 34.1 Å². The number of carbonyl (C=O) groups excluding carboxylic acids is 2. The number of aromatic hydroxyl groups is 3. The summed E-state index contributed by atoms with van der Waals surface area (Å²) in [5.74, 6) is -0.646. The fourth-order valence-electron chi connectivity index (χ4n) is 9.54. The highest BCUT2D eigenvalue weighted by Crippen LogP contribution is 2.41. The minimum atomic E-state index is -1.42. The maximum absolute atomic E-state index is 13.9. The van der Waals surface area contributed by atoms with Crippen LogP contribution >= 0.6 is 0 Å². The summed E-state index contributed by atoms with van der Waals surface area (Å²) in [6, 6.07) is 15.6. The van der Waals surface area contributed by atoms with Crippen LogP contribution in [0.4, 0.5) is 4.79 Å². The number of hydrogen-bond acceptors (Lipinski definition) is 12. The molecular weight excluding hydrogens is 783 g/mol. The predicted octanol–water partition coefficient (Wildman–Crippen LogP) is 5.48. The van der Waals surface area contributed by atoms with Gasteiger partial charge in [0.2, 0.25) is 6.10 Å². The van der Waals surface area contributed by atoms with Crippen LogP contribution in [0.2, 0.25) is 0 Å². The summed E-state index contributed by atoms with van der Waals surface area (Å²) in [5.41, 5.74) is 7.14. The quantitative estimate of drug-likeness (QED) is 0.154. The lowest BCUT2D eigenvalue weighted by atomic mass is 9.97. The number of piperidine rings is 1. The lowest BCUT2D eigenvalue weighted by Gasteiger charge is -2.36. The minimum Gasteiger partial charge on any atom is -0.508 e. The average Bonchev–Trinajstić information content (AvgIpc) is 3.96. The first kappa shape index (κ1) is 38.3. The highest BCUT2D eigenvalue weighted by atomic mass is 16.6. The van der Waals surface area contributed by atoms with E-state index in [1.54, 1.807) is 39.8 Å². The summed E-state index contributed by atoms with van der Waals surface area (Å²) >= 11 is 0. The van der Waals surface area contributed by atoms with Crippen LogP contribution in [0.25, 0.3) is 39.4 Å². The molecule has 4 aliphatic rings. The number of H-pyrrole nitrogens is 1. The Kier molecular flexibility index (Phi) is 9.01. The molecule has 10 rings (SSSR count). The van der Waals surface area contributed by atoms with Gasteiger partial charge >= 0.3 is 17.8 Å². The molecule has 1 saturated heterocycles. The number of nitrogens with one attached hydrogen (secondary N) is 1. The fourth-order valence-corrected chi connectivity index (χ4v) is 9.54. The first-order chi connectivity index (χ1) is 29.4. The summed E-state index contributed by atoms with van der Waals surface area (Å²) in [4.78, 5) is 62.8. The number of esters is 1. The maximum atomic E-state index is 13.9. The van der Waals surface area contributed by atoms with E-state index in [1.807, 2.05) is 39.0 Å². The molecule has 3 aromatic carbocycles. The Labute approximate surface area is 348 Å². The largest absolute Gasteiger partial charge is 0.508 e. The third kappa shape index (κ3) is 6.23. The standard InChI is InChI=1S/C45H43N7O9/c1-4-28-30-14-27(53)7-8-35(30)46-39-33(28)20-51-36(39)16-31-34(42(51)56)21-60-43(57)40(31)61-45(59)49-11-9-25(10-12-49)50-18-23-5-6-26(13-24(23)19-50)52-41(47-48-44(52)58)32-15-29(22(2)3)37(54)17-38(32)55/h5-8,13-17,22,25,40,53-55H,4,9-12,18-21H2,1-3H3,(H,48,58). The zero-order chi connectivity index (χ0) is 42.4. The molecule has 1 unspecified atom stereocenters. The van der Waals surface area contributed by atoms with Gasteiger partial charge in [-0.1, -0.05) is 26.8 Å². The molecule has 16 heteroatoms. The number of aryl methyl sites for hydroxylation is 1. The molecule has 1 fully saturated rings. The number of rotatable bonds is 6. The molecule has 4 aliphatic heterocycles. The number of ether oxygens (including phenoxy) is 2. The number of phenols is 3. The number of likely N-dealkylation sites (tertiary alicyclic amines) is 1. The summed E-state index contributed by atoms with van der Waals surface area (Å²) in [6.07, 6.45) is -0.104. The second kappa shape index (κ2) is 14.4. The normalized spacial score (nSPS) is 17.3. The van der Waals surface area contributed by atoms with Crippen LogP contribution in [0.3, 0.4) is 0 Å². The summed E-state index contributed by atoms with van der Waals surface area (Å²) in [5, 5.41) is 38.9. The van der Waals surface area contributed by atoms with Crippen molar-refractivity contribution in [2.24, 2.45) is 0 Å². The Morgan fingerprint density at radius 3 is 2.49 bits per heavy atom. The van der Waals surface area contributed by atoms with E-state index in [1.165, 1.54) is 10.6 Å². The Morgan fingerprint density at radius 2 is 1.72 bits per heavy atom. The lowest BCUT2D eigenvalue weighted by Crippen LogP contribution is -2.46. The molecule has 0 spiro atoms. The van der Waals surface area contributed by atoms with Gasteiger partial charge in [-0.2, -0.15) is 5.10 Å². The van der Waals surface area contributed by atoms with Crippen molar-refractivity contribution in [3.63, 3.8) is 0 Å². The number of aromatic nitrogens is 5. The van der Waals surface area contributed by atoms with Crippen molar-refractivity contribution < 1.29 is 34.4 Å². The smallest absolute Gasteiger partial charge is 0.410 e. The summed E-state index contributed by atoms with van der Waals surface area (Å²) < 4.78 is 14.3. The van der Waals surface area contributed by atoms with Gasteiger partial charge in [0.15, 0.2) is 5.82 Å². The van der Waals surface area contributed by atoms with Crippen molar-refractivity contribution in [2.75, 3.05) is 13.1 Å². The average molecular weight is 826 g/mol. The first-order valence-electron chi connectivity index (χ1n) is 20.5. The molecule has 6 aromatic rings. The number of phenolic OH excluding ortho intramolecular Hbond substituents is 3. The highest BCUT2D eigenvalue weighted by molar-refractivity contribution is 5.89. The van der Waals surface area contributed by atoms with Gasteiger partial charge in [-0.15, -0.1) is 0 Å². The van der Waals surface area contributed by atoms with Crippen molar-refractivity contribution in [2.45, 2.75) is 84.3 Å². The number of carbonyl (C=O) groups is 2. The van der Waals surface area contributed by atoms with Crippen molar-refractivity contribution in [3.8, 4) is 45.7 Å². The molecule has 4 N–H and O–H groups in total.